The molecule has 212 valence electrons. The molecule has 1 aliphatic heterocycles. The van der Waals surface area contributed by atoms with Crippen LogP contribution in [0, 0.1) is 5.82 Å². The van der Waals surface area contributed by atoms with Crippen LogP contribution in [-0.2, 0) is 22.4 Å². The molecule has 4 rings (SSSR count). The van der Waals surface area contributed by atoms with E-state index in [1.807, 2.05) is 12.1 Å². The topological polar surface area (TPSA) is 122 Å². The Morgan fingerprint density at radius 2 is 2.00 bits per heavy atom. The number of hydrogen-bond acceptors (Lipinski definition) is 8. The molecule has 1 fully saturated rings. The molecular formula is C28H37FN4O6. The van der Waals surface area contributed by atoms with E-state index in [0.29, 0.717) is 18.0 Å². The Bertz CT molecular complexity index is 1180. The van der Waals surface area contributed by atoms with Crippen molar-refractivity contribution in [2.45, 2.75) is 76.8 Å². The van der Waals surface area contributed by atoms with Crippen molar-refractivity contribution in [1.82, 2.24) is 15.2 Å². The van der Waals surface area contributed by atoms with Gasteiger partial charge in [-0.05, 0) is 75.8 Å². The van der Waals surface area contributed by atoms with Crippen molar-refractivity contribution in [2.75, 3.05) is 25.8 Å². The lowest BCUT2D eigenvalue weighted by Crippen LogP contribution is -2.54. The summed E-state index contributed by atoms with van der Waals surface area (Å²) in [4.78, 5) is 31.5. The Kier molecular flexibility index (Phi) is 8.91. The van der Waals surface area contributed by atoms with Gasteiger partial charge in [0, 0.05) is 26.2 Å². The van der Waals surface area contributed by atoms with Crippen molar-refractivity contribution in [1.29, 1.82) is 0 Å². The zero-order valence-electron chi connectivity index (χ0n) is 22.8. The number of aliphatic hydroxyl groups is 1. The van der Waals surface area contributed by atoms with Crippen LogP contribution in [0.3, 0.4) is 0 Å². The molecule has 0 spiro atoms. The summed E-state index contributed by atoms with van der Waals surface area (Å²) >= 11 is 0. The third kappa shape index (κ3) is 7.36. The van der Waals surface area contributed by atoms with E-state index in [1.165, 1.54) is 18.1 Å². The predicted molar refractivity (Wildman–Crippen MR) is 142 cm³/mol. The fourth-order valence-electron chi connectivity index (χ4n) is 4.55. The minimum absolute atomic E-state index is 0.0891. The van der Waals surface area contributed by atoms with Crippen molar-refractivity contribution >= 4 is 17.8 Å². The SMILES string of the molecule is COCOc1ccc2c(c1)CN(C(=O)OC(C)(C)C)[C@H]([C@H](O)CNC(=O)c1cc(NC3CCC3)ncc1F)C2. The first-order chi connectivity index (χ1) is 18.5. The van der Waals surface area contributed by atoms with Gasteiger partial charge in [0.25, 0.3) is 5.91 Å². The summed E-state index contributed by atoms with van der Waals surface area (Å²) < 4.78 is 30.5. The Morgan fingerprint density at radius 1 is 1.23 bits per heavy atom. The first-order valence-electron chi connectivity index (χ1n) is 13.2. The van der Waals surface area contributed by atoms with Gasteiger partial charge in [-0.3, -0.25) is 9.69 Å². The van der Waals surface area contributed by atoms with Crippen LogP contribution >= 0.6 is 0 Å². The van der Waals surface area contributed by atoms with Gasteiger partial charge in [-0.2, -0.15) is 0 Å². The number of hydrogen-bond donors (Lipinski definition) is 3. The molecule has 0 saturated heterocycles. The number of amides is 2. The molecule has 2 amide bonds. The summed E-state index contributed by atoms with van der Waals surface area (Å²) in [6.45, 7) is 5.37. The van der Waals surface area contributed by atoms with Gasteiger partial charge in [-0.1, -0.05) is 6.07 Å². The lowest BCUT2D eigenvalue weighted by atomic mass is 9.91. The molecule has 10 nitrogen and oxygen atoms in total. The zero-order chi connectivity index (χ0) is 28.2. The zero-order valence-corrected chi connectivity index (χ0v) is 22.8. The minimum Gasteiger partial charge on any atom is -0.468 e. The summed E-state index contributed by atoms with van der Waals surface area (Å²) in [7, 11) is 1.53. The van der Waals surface area contributed by atoms with Crippen molar-refractivity contribution in [3.8, 4) is 5.75 Å². The second kappa shape index (κ2) is 12.2. The maximum atomic E-state index is 14.4. The number of methoxy groups -OCH3 is 1. The van der Waals surface area contributed by atoms with Crippen LogP contribution in [0.1, 0.15) is 61.5 Å². The number of pyridine rings is 1. The predicted octanol–water partition coefficient (Wildman–Crippen LogP) is 3.62. The van der Waals surface area contributed by atoms with Crippen molar-refractivity contribution in [3.05, 3.63) is 53.0 Å². The Labute approximate surface area is 227 Å². The number of fused-ring (bicyclic) bond motifs is 1. The molecule has 1 saturated carbocycles. The van der Waals surface area contributed by atoms with Crippen LogP contribution in [0.15, 0.2) is 30.5 Å². The molecule has 2 aromatic rings. The number of nitrogens with one attached hydrogen (secondary N) is 2. The van der Waals surface area contributed by atoms with Crippen LogP contribution in [0.5, 0.6) is 5.75 Å². The number of benzene rings is 1. The fourth-order valence-corrected chi connectivity index (χ4v) is 4.55. The standard InChI is InChI=1S/C28H37FN4O6/c1-28(2,3)39-27(36)33-15-18-10-20(38-16-37-4)9-8-17(18)11-23(33)24(34)14-31-26(35)21-12-25(30-13-22(21)29)32-19-6-5-7-19/h8-10,12-13,19,23-24,34H,5-7,11,14-16H2,1-4H3,(H,30,32)(H,31,35)/t23-,24+/m0/s1. The lowest BCUT2D eigenvalue weighted by Gasteiger charge is -2.40. The molecule has 1 aromatic carbocycles. The maximum Gasteiger partial charge on any atom is 0.410 e. The van der Waals surface area contributed by atoms with Gasteiger partial charge in [0.15, 0.2) is 12.6 Å². The summed E-state index contributed by atoms with van der Waals surface area (Å²) in [5.41, 5.74) is 0.879. The van der Waals surface area contributed by atoms with Crippen LogP contribution in [-0.4, -0.2) is 71.2 Å². The van der Waals surface area contributed by atoms with E-state index in [-0.39, 0.29) is 31.5 Å². The molecule has 2 atom stereocenters. The molecule has 0 bridgehead atoms. The first-order valence-corrected chi connectivity index (χ1v) is 13.2. The van der Waals surface area contributed by atoms with Gasteiger partial charge >= 0.3 is 6.09 Å². The van der Waals surface area contributed by atoms with Gasteiger partial charge in [0.1, 0.15) is 17.2 Å². The highest BCUT2D eigenvalue weighted by Crippen LogP contribution is 2.30. The van der Waals surface area contributed by atoms with E-state index in [9.17, 15) is 19.1 Å². The number of rotatable bonds is 9. The number of anilines is 1. The smallest absolute Gasteiger partial charge is 0.410 e. The number of carbonyl (C=O) groups is 2. The number of aliphatic hydroxyl groups excluding tert-OH is 1. The minimum atomic E-state index is -1.14. The highest BCUT2D eigenvalue weighted by molar-refractivity contribution is 5.95. The number of aromatic nitrogens is 1. The molecule has 0 radical (unpaired) electrons. The molecule has 2 aliphatic rings. The maximum absolute atomic E-state index is 14.4. The van der Waals surface area contributed by atoms with Crippen molar-refractivity contribution in [2.24, 2.45) is 0 Å². The van der Waals surface area contributed by atoms with E-state index in [4.69, 9.17) is 14.2 Å². The molecular weight excluding hydrogens is 507 g/mol. The average molecular weight is 545 g/mol. The molecule has 3 N–H and O–H groups in total. The Hall–Kier alpha value is -3.44. The summed E-state index contributed by atoms with van der Waals surface area (Å²) in [6.07, 6.45) is 2.75. The third-order valence-corrected chi connectivity index (χ3v) is 6.79. The third-order valence-electron chi connectivity index (χ3n) is 6.79. The second-order valence-electron chi connectivity index (χ2n) is 11.0. The van der Waals surface area contributed by atoms with E-state index < -0.39 is 35.6 Å². The van der Waals surface area contributed by atoms with E-state index in [2.05, 4.69) is 15.6 Å². The van der Waals surface area contributed by atoms with E-state index >= 15 is 0 Å². The number of nitrogens with zero attached hydrogens (tertiary/aromatic N) is 2. The van der Waals surface area contributed by atoms with Crippen LogP contribution < -0.4 is 15.4 Å². The van der Waals surface area contributed by atoms with Crippen LogP contribution in [0.2, 0.25) is 0 Å². The molecule has 0 unspecified atom stereocenters. The van der Waals surface area contributed by atoms with Crippen LogP contribution in [0.4, 0.5) is 15.0 Å². The van der Waals surface area contributed by atoms with Crippen molar-refractivity contribution < 1.29 is 33.3 Å². The summed E-state index contributed by atoms with van der Waals surface area (Å²) in [5.74, 6) is -0.405. The van der Waals surface area contributed by atoms with Crippen LogP contribution in [0.25, 0.3) is 0 Å². The lowest BCUT2D eigenvalue weighted by molar-refractivity contribution is -0.0114. The van der Waals surface area contributed by atoms with Gasteiger partial charge in [0.05, 0.1) is 23.9 Å². The van der Waals surface area contributed by atoms with E-state index in [1.54, 1.807) is 26.8 Å². The van der Waals surface area contributed by atoms with Gasteiger partial charge in [0.2, 0.25) is 0 Å². The second-order valence-corrected chi connectivity index (χ2v) is 11.0. The summed E-state index contributed by atoms with van der Waals surface area (Å²) in [5, 5.41) is 17.0. The Balaban J connectivity index is 1.47. The van der Waals surface area contributed by atoms with Gasteiger partial charge in [-0.15, -0.1) is 0 Å². The highest BCUT2D eigenvalue weighted by atomic mass is 19.1. The number of ether oxygens (including phenoxy) is 3. The molecule has 11 heteroatoms. The van der Waals surface area contributed by atoms with Gasteiger partial charge in [-0.25, -0.2) is 14.2 Å². The largest absolute Gasteiger partial charge is 0.468 e. The Morgan fingerprint density at radius 3 is 2.67 bits per heavy atom. The monoisotopic (exact) mass is 544 g/mol. The quantitative estimate of drug-likeness (QED) is 0.409. The number of carbonyl (C=O) groups excluding carboxylic acids is 2. The summed E-state index contributed by atoms with van der Waals surface area (Å²) in [6, 6.07) is 6.48. The fraction of sp³-hybridized carbons (Fsp3) is 0.536. The molecule has 1 aromatic heterocycles. The normalized spacial score (nSPS) is 18.0. The first kappa shape index (κ1) is 28.6. The molecule has 39 heavy (non-hydrogen) atoms. The van der Waals surface area contributed by atoms with Crippen molar-refractivity contribution in [3.63, 3.8) is 0 Å². The van der Waals surface area contributed by atoms with E-state index in [0.717, 1.165) is 36.6 Å². The highest BCUT2D eigenvalue weighted by Gasteiger charge is 2.37. The number of halogens is 1. The molecule has 1 aliphatic carbocycles. The molecule has 2 heterocycles. The average Bonchev–Trinajstić information content (AvgIpc) is 2.86. The van der Waals surface area contributed by atoms with Gasteiger partial charge < -0.3 is 30.0 Å².